The number of aromatic nitrogens is 2. The Labute approximate surface area is 136 Å². The molecule has 22 heavy (non-hydrogen) atoms. The first-order valence-corrected chi connectivity index (χ1v) is 7.55. The summed E-state index contributed by atoms with van der Waals surface area (Å²) in [7, 11) is 1.87. The highest BCUT2D eigenvalue weighted by molar-refractivity contribution is 6.30. The van der Waals surface area contributed by atoms with Crippen LogP contribution in [0.5, 0.6) is 0 Å². The Bertz CT molecular complexity index is 676. The van der Waals surface area contributed by atoms with Crippen molar-refractivity contribution in [2.75, 3.05) is 0 Å². The molecule has 1 heterocycles. The van der Waals surface area contributed by atoms with Crippen LogP contribution in [0.1, 0.15) is 25.0 Å². The van der Waals surface area contributed by atoms with E-state index in [0.29, 0.717) is 11.6 Å². The third kappa shape index (κ3) is 4.46. The highest BCUT2D eigenvalue weighted by Crippen LogP contribution is 2.13. The van der Waals surface area contributed by atoms with Crippen LogP contribution < -0.4 is 0 Å². The fraction of sp³-hybridized carbons (Fsp3) is 0.294. The Morgan fingerprint density at radius 3 is 2.82 bits per heavy atom. The lowest BCUT2D eigenvalue weighted by atomic mass is 10.2. The minimum atomic E-state index is -0.0289. The van der Waals surface area contributed by atoms with Gasteiger partial charge in [0.1, 0.15) is 0 Å². The van der Waals surface area contributed by atoms with Crippen molar-refractivity contribution in [1.82, 2.24) is 14.7 Å². The van der Waals surface area contributed by atoms with Gasteiger partial charge in [-0.05, 0) is 37.6 Å². The molecule has 0 radical (unpaired) electrons. The number of rotatable bonds is 5. The molecular formula is C17H20ClN3O. The van der Waals surface area contributed by atoms with Crippen LogP contribution in [-0.4, -0.2) is 26.6 Å². The first-order chi connectivity index (χ1) is 10.5. The Morgan fingerprint density at radius 1 is 1.45 bits per heavy atom. The summed E-state index contributed by atoms with van der Waals surface area (Å²) < 4.78 is 1.74. The molecule has 0 unspecified atom stereocenters. The van der Waals surface area contributed by atoms with Crippen molar-refractivity contribution in [3.05, 3.63) is 58.9 Å². The lowest BCUT2D eigenvalue weighted by Gasteiger charge is -2.25. The van der Waals surface area contributed by atoms with Crippen molar-refractivity contribution in [2.24, 2.45) is 7.05 Å². The highest BCUT2D eigenvalue weighted by Gasteiger charge is 2.15. The summed E-state index contributed by atoms with van der Waals surface area (Å²) in [6, 6.07) is 7.52. The van der Waals surface area contributed by atoms with E-state index >= 15 is 0 Å². The van der Waals surface area contributed by atoms with Crippen LogP contribution in [0.4, 0.5) is 0 Å². The minimum Gasteiger partial charge on any atom is -0.332 e. The van der Waals surface area contributed by atoms with Crippen molar-refractivity contribution < 1.29 is 4.79 Å². The summed E-state index contributed by atoms with van der Waals surface area (Å²) in [5.41, 5.74) is 1.92. The van der Waals surface area contributed by atoms with Gasteiger partial charge in [0.25, 0.3) is 0 Å². The maximum atomic E-state index is 12.4. The fourth-order valence-corrected chi connectivity index (χ4v) is 2.34. The predicted octanol–water partition coefficient (Wildman–Crippen LogP) is 3.52. The normalized spacial score (nSPS) is 11.3. The topological polar surface area (TPSA) is 38.1 Å². The molecule has 4 nitrogen and oxygen atoms in total. The van der Waals surface area contributed by atoms with E-state index in [1.807, 2.05) is 51.4 Å². The predicted molar refractivity (Wildman–Crippen MR) is 89.4 cm³/mol. The Kier molecular flexibility index (Phi) is 5.39. The van der Waals surface area contributed by atoms with Crippen molar-refractivity contribution in [2.45, 2.75) is 26.4 Å². The number of aryl methyl sites for hydroxylation is 1. The van der Waals surface area contributed by atoms with Crippen molar-refractivity contribution >= 4 is 23.6 Å². The molecule has 0 fully saturated rings. The number of benzene rings is 1. The monoisotopic (exact) mass is 317 g/mol. The zero-order chi connectivity index (χ0) is 16.1. The SMILES string of the molecule is CC(C)N(Cc1cnn(C)c1)C(=O)/C=C/c1cccc(Cl)c1. The summed E-state index contributed by atoms with van der Waals surface area (Å²) in [5, 5.41) is 4.80. The molecule has 0 atom stereocenters. The fourth-order valence-electron chi connectivity index (χ4n) is 2.14. The van der Waals surface area contributed by atoms with Crippen LogP contribution >= 0.6 is 11.6 Å². The molecule has 0 saturated carbocycles. The highest BCUT2D eigenvalue weighted by atomic mass is 35.5. The second-order valence-corrected chi connectivity index (χ2v) is 5.91. The average molecular weight is 318 g/mol. The molecule has 116 valence electrons. The van der Waals surface area contributed by atoms with Gasteiger partial charge in [-0.15, -0.1) is 0 Å². The zero-order valence-corrected chi connectivity index (χ0v) is 13.8. The Hall–Kier alpha value is -2.07. The maximum absolute atomic E-state index is 12.4. The number of halogens is 1. The second kappa shape index (κ2) is 7.27. The van der Waals surface area contributed by atoms with Gasteiger partial charge in [0.05, 0.1) is 6.20 Å². The van der Waals surface area contributed by atoms with Crippen molar-refractivity contribution in [3.63, 3.8) is 0 Å². The van der Waals surface area contributed by atoms with E-state index in [4.69, 9.17) is 11.6 Å². The van der Waals surface area contributed by atoms with Gasteiger partial charge in [-0.1, -0.05) is 23.7 Å². The summed E-state index contributed by atoms with van der Waals surface area (Å²) >= 11 is 5.94. The molecular weight excluding hydrogens is 298 g/mol. The minimum absolute atomic E-state index is 0.0289. The van der Waals surface area contributed by atoms with Gasteiger partial charge in [-0.2, -0.15) is 5.10 Å². The van der Waals surface area contributed by atoms with Crippen molar-refractivity contribution in [3.8, 4) is 0 Å². The van der Waals surface area contributed by atoms with Gasteiger partial charge in [0.15, 0.2) is 0 Å². The number of hydrogen-bond acceptors (Lipinski definition) is 2. The van der Waals surface area contributed by atoms with Crippen LogP contribution in [0.25, 0.3) is 6.08 Å². The largest absolute Gasteiger partial charge is 0.332 e. The van der Waals surface area contributed by atoms with E-state index in [2.05, 4.69) is 5.10 Å². The van der Waals surface area contributed by atoms with Gasteiger partial charge in [0.2, 0.25) is 5.91 Å². The van der Waals surface area contributed by atoms with Gasteiger partial charge < -0.3 is 4.90 Å². The standard InChI is InChI=1S/C17H20ClN3O/c1-13(2)21(12-15-10-19-20(3)11-15)17(22)8-7-14-5-4-6-16(18)9-14/h4-11,13H,12H2,1-3H3/b8-7+. The number of hydrogen-bond donors (Lipinski definition) is 0. The number of nitrogens with zero attached hydrogens (tertiary/aromatic N) is 3. The molecule has 1 aromatic heterocycles. The zero-order valence-electron chi connectivity index (χ0n) is 13.0. The van der Waals surface area contributed by atoms with Crippen LogP contribution in [0, 0.1) is 0 Å². The average Bonchev–Trinajstić information content (AvgIpc) is 2.87. The molecule has 2 rings (SSSR count). The Morgan fingerprint density at radius 2 is 2.23 bits per heavy atom. The van der Waals surface area contributed by atoms with Crippen LogP contribution in [0.15, 0.2) is 42.7 Å². The smallest absolute Gasteiger partial charge is 0.247 e. The molecule has 1 amide bonds. The summed E-state index contributed by atoms with van der Waals surface area (Å²) in [6.07, 6.45) is 7.07. The molecule has 0 aliphatic rings. The number of carbonyl (C=O) groups is 1. The molecule has 1 aromatic carbocycles. The van der Waals surface area contributed by atoms with Gasteiger partial charge in [-0.25, -0.2) is 0 Å². The summed E-state index contributed by atoms with van der Waals surface area (Å²) in [5.74, 6) is -0.0289. The lowest BCUT2D eigenvalue weighted by molar-refractivity contribution is -0.128. The van der Waals surface area contributed by atoms with Gasteiger partial charge in [0, 0.05) is 42.5 Å². The molecule has 5 heteroatoms. The first-order valence-electron chi connectivity index (χ1n) is 7.17. The molecule has 0 N–H and O–H groups in total. The summed E-state index contributed by atoms with van der Waals surface area (Å²) in [6.45, 7) is 4.55. The third-order valence-electron chi connectivity index (χ3n) is 3.28. The molecule has 0 spiro atoms. The molecule has 0 bridgehead atoms. The van der Waals surface area contributed by atoms with E-state index < -0.39 is 0 Å². The Balaban J connectivity index is 2.09. The molecule has 0 aliphatic carbocycles. The lowest BCUT2D eigenvalue weighted by Crippen LogP contribution is -2.35. The maximum Gasteiger partial charge on any atom is 0.247 e. The molecule has 0 aliphatic heterocycles. The first kappa shape index (κ1) is 16.3. The third-order valence-corrected chi connectivity index (χ3v) is 3.52. The molecule has 0 saturated heterocycles. The second-order valence-electron chi connectivity index (χ2n) is 5.47. The van der Waals surface area contributed by atoms with E-state index in [1.54, 1.807) is 27.9 Å². The number of carbonyl (C=O) groups excluding carboxylic acids is 1. The van der Waals surface area contributed by atoms with E-state index in [9.17, 15) is 4.79 Å². The molecule has 2 aromatic rings. The summed E-state index contributed by atoms with van der Waals surface area (Å²) in [4.78, 5) is 14.2. The van der Waals surface area contributed by atoms with Crippen molar-refractivity contribution in [1.29, 1.82) is 0 Å². The quantitative estimate of drug-likeness (QED) is 0.791. The van der Waals surface area contributed by atoms with E-state index in [1.165, 1.54) is 0 Å². The van der Waals surface area contributed by atoms with Crippen LogP contribution in [-0.2, 0) is 18.4 Å². The van der Waals surface area contributed by atoms with Gasteiger partial charge >= 0.3 is 0 Å². The van der Waals surface area contributed by atoms with Gasteiger partial charge in [-0.3, -0.25) is 9.48 Å². The van der Waals surface area contributed by atoms with E-state index in [-0.39, 0.29) is 11.9 Å². The van der Waals surface area contributed by atoms with E-state index in [0.717, 1.165) is 11.1 Å². The van der Waals surface area contributed by atoms with Crippen LogP contribution in [0.2, 0.25) is 5.02 Å². The number of amides is 1. The van der Waals surface area contributed by atoms with Crippen LogP contribution in [0.3, 0.4) is 0 Å².